The molecule has 0 N–H and O–H groups in total. The molecule has 5 heteroatoms. The lowest BCUT2D eigenvalue weighted by molar-refractivity contribution is -0.132. The summed E-state index contributed by atoms with van der Waals surface area (Å²) in [6, 6.07) is 7.97. The molecule has 0 aromatic heterocycles. The third-order valence-electron chi connectivity index (χ3n) is 3.79. The summed E-state index contributed by atoms with van der Waals surface area (Å²) < 4.78 is 6.10. The van der Waals surface area contributed by atoms with Crippen molar-refractivity contribution in [3.8, 4) is 0 Å². The van der Waals surface area contributed by atoms with Crippen LogP contribution in [0.3, 0.4) is 0 Å². The van der Waals surface area contributed by atoms with E-state index in [1.54, 1.807) is 7.11 Å². The van der Waals surface area contributed by atoms with Crippen molar-refractivity contribution < 1.29 is 9.53 Å². The second-order valence-corrected chi connectivity index (χ2v) is 6.29. The summed E-state index contributed by atoms with van der Waals surface area (Å²) >= 11 is 3.44. The van der Waals surface area contributed by atoms with Crippen molar-refractivity contribution in [2.45, 2.75) is 12.8 Å². The standard InChI is InChI=1S/C16H23BrN2O2/c1-21-11-3-6-18-7-9-19(10-8-18)16(20)13-14-4-2-5-15(17)12-14/h2,4-5,12H,3,6-11,13H2,1H3. The van der Waals surface area contributed by atoms with Crippen LogP contribution in [0, 0.1) is 0 Å². The van der Waals surface area contributed by atoms with Gasteiger partial charge in [-0.3, -0.25) is 9.69 Å². The molecule has 0 atom stereocenters. The van der Waals surface area contributed by atoms with E-state index >= 15 is 0 Å². The molecule has 0 saturated carbocycles. The SMILES string of the molecule is COCCCN1CCN(C(=O)Cc2cccc(Br)c2)CC1. The molecule has 0 bridgehead atoms. The first-order chi connectivity index (χ1) is 10.2. The maximum absolute atomic E-state index is 12.3. The summed E-state index contributed by atoms with van der Waals surface area (Å²) in [6.07, 6.45) is 1.55. The maximum atomic E-state index is 12.3. The fourth-order valence-corrected chi connectivity index (χ4v) is 3.03. The van der Waals surface area contributed by atoms with Crippen LogP contribution in [-0.2, 0) is 16.0 Å². The molecule has 1 aliphatic heterocycles. The molecule has 1 aliphatic rings. The summed E-state index contributed by atoms with van der Waals surface area (Å²) in [5.74, 6) is 0.227. The number of carbonyl (C=O) groups is 1. The lowest BCUT2D eigenvalue weighted by Gasteiger charge is -2.34. The van der Waals surface area contributed by atoms with Crippen molar-refractivity contribution in [1.82, 2.24) is 9.80 Å². The third-order valence-corrected chi connectivity index (χ3v) is 4.29. The molecule has 1 aromatic rings. The van der Waals surface area contributed by atoms with Crippen molar-refractivity contribution in [2.75, 3.05) is 46.4 Å². The number of nitrogens with zero attached hydrogens (tertiary/aromatic N) is 2. The Labute approximate surface area is 135 Å². The van der Waals surface area contributed by atoms with Gasteiger partial charge in [0.1, 0.15) is 0 Å². The number of rotatable bonds is 6. The number of piperazine rings is 1. The summed E-state index contributed by atoms with van der Waals surface area (Å²) in [5, 5.41) is 0. The topological polar surface area (TPSA) is 32.8 Å². The Morgan fingerprint density at radius 3 is 2.71 bits per heavy atom. The van der Waals surface area contributed by atoms with Gasteiger partial charge in [-0.1, -0.05) is 28.1 Å². The fourth-order valence-electron chi connectivity index (χ4n) is 2.59. The molecule has 2 rings (SSSR count). The monoisotopic (exact) mass is 354 g/mol. The molecule has 1 fully saturated rings. The summed E-state index contributed by atoms with van der Waals surface area (Å²) in [4.78, 5) is 16.7. The van der Waals surface area contributed by atoms with Crippen LogP contribution in [0.15, 0.2) is 28.7 Å². The van der Waals surface area contributed by atoms with Crippen molar-refractivity contribution in [1.29, 1.82) is 0 Å². The van der Waals surface area contributed by atoms with Gasteiger partial charge in [0.2, 0.25) is 5.91 Å². The van der Waals surface area contributed by atoms with E-state index in [-0.39, 0.29) is 5.91 Å². The van der Waals surface area contributed by atoms with Crippen LogP contribution in [0.1, 0.15) is 12.0 Å². The number of hydrogen-bond acceptors (Lipinski definition) is 3. The van der Waals surface area contributed by atoms with Gasteiger partial charge in [-0.25, -0.2) is 0 Å². The van der Waals surface area contributed by atoms with Gasteiger partial charge in [-0.15, -0.1) is 0 Å². The van der Waals surface area contributed by atoms with Gasteiger partial charge in [-0.05, 0) is 24.1 Å². The van der Waals surface area contributed by atoms with Crippen LogP contribution in [0.5, 0.6) is 0 Å². The average Bonchev–Trinajstić information content (AvgIpc) is 2.48. The molecule has 116 valence electrons. The highest BCUT2D eigenvalue weighted by Gasteiger charge is 2.20. The summed E-state index contributed by atoms with van der Waals surface area (Å²) in [6.45, 7) is 5.46. The quantitative estimate of drug-likeness (QED) is 0.734. The van der Waals surface area contributed by atoms with E-state index in [0.29, 0.717) is 6.42 Å². The van der Waals surface area contributed by atoms with Crippen molar-refractivity contribution in [2.24, 2.45) is 0 Å². The van der Waals surface area contributed by atoms with E-state index in [1.165, 1.54) is 0 Å². The highest BCUT2D eigenvalue weighted by Crippen LogP contribution is 2.13. The zero-order valence-corrected chi connectivity index (χ0v) is 14.1. The number of amides is 1. The first-order valence-electron chi connectivity index (χ1n) is 7.42. The lowest BCUT2D eigenvalue weighted by atomic mass is 10.1. The molecule has 1 heterocycles. The van der Waals surface area contributed by atoms with Crippen molar-refractivity contribution in [3.05, 3.63) is 34.3 Å². The van der Waals surface area contributed by atoms with Crippen LogP contribution >= 0.6 is 15.9 Å². The number of benzene rings is 1. The molecular formula is C16H23BrN2O2. The number of hydrogen-bond donors (Lipinski definition) is 0. The molecular weight excluding hydrogens is 332 g/mol. The molecule has 21 heavy (non-hydrogen) atoms. The smallest absolute Gasteiger partial charge is 0.227 e. The van der Waals surface area contributed by atoms with Crippen LogP contribution in [0.25, 0.3) is 0 Å². The number of halogens is 1. The number of ether oxygens (including phenoxy) is 1. The Bertz CT molecular complexity index is 459. The zero-order chi connectivity index (χ0) is 15.1. The largest absolute Gasteiger partial charge is 0.385 e. The van der Waals surface area contributed by atoms with E-state index in [4.69, 9.17) is 4.74 Å². The Kier molecular flexibility index (Phi) is 6.67. The highest BCUT2D eigenvalue weighted by atomic mass is 79.9. The molecule has 1 aromatic carbocycles. The predicted octanol–water partition coefficient (Wildman–Crippen LogP) is 2.17. The Morgan fingerprint density at radius 2 is 2.05 bits per heavy atom. The predicted molar refractivity (Wildman–Crippen MR) is 87.4 cm³/mol. The first kappa shape index (κ1) is 16.5. The molecule has 0 radical (unpaired) electrons. The minimum Gasteiger partial charge on any atom is -0.385 e. The molecule has 0 aliphatic carbocycles. The highest BCUT2D eigenvalue weighted by molar-refractivity contribution is 9.10. The molecule has 1 amide bonds. The minimum atomic E-state index is 0.227. The van der Waals surface area contributed by atoms with Crippen LogP contribution < -0.4 is 0 Å². The van der Waals surface area contributed by atoms with E-state index in [2.05, 4.69) is 20.8 Å². The zero-order valence-electron chi connectivity index (χ0n) is 12.6. The third kappa shape index (κ3) is 5.41. The van der Waals surface area contributed by atoms with Gasteiger partial charge in [0, 0.05) is 50.9 Å². The van der Waals surface area contributed by atoms with Gasteiger partial charge in [0.05, 0.1) is 6.42 Å². The van der Waals surface area contributed by atoms with E-state index in [1.807, 2.05) is 29.2 Å². The Balaban J connectivity index is 1.75. The Hall–Kier alpha value is -0.910. The number of methoxy groups -OCH3 is 1. The van der Waals surface area contributed by atoms with Gasteiger partial charge in [-0.2, -0.15) is 0 Å². The second kappa shape index (κ2) is 8.51. The Morgan fingerprint density at radius 1 is 1.29 bits per heavy atom. The molecule has 4 nitrogen and oxygen atoms in total. The molecule has 1 saturated heterocycles. The summed E-state index contributed by atoms with van der Waals surface area (Å²) in [7, 11) is 1.73. The fraction of sp³-hybridized carbons (Fsp3) is 0.562. The molecule has 0 spiro atoms. The lowest BCUT2D eigenvalue weighted by Crippen LogP contribution is -2.49. The molecule has 0 unspecified atom stereocenters. The van der Waals surface area contributed by atoms with E-state index < -0.39 is 0 Å². The number of carbonyl (C=O) groups excluding carboxylic acids is 1. The van der Waals surface area contributed by atoms with Crippen LogP contribution in [-0.4, -0.2) is 62.1 Å². The normalized spacial score (nSPS) is 16.2. The van der Waals surface area contributed by atoms with E-state index in [0.717, 1.165) is 55.8 Å². The van der Waals surface area contributed by atoms with Crippen LogP contribution in [0.2, 0.25) is 0 Å². The minimum absolute atomic E-state index is 0.227. The van der Waals surface area contributed by atoms with Gasteiger partial charge >= 0.3 is 0 Å². The van der Waals surface area contributed by atoms with Crippen molar-refractivity contribution in [3.63, 3.8) is 0 Å². The van der Waals surface area contributed by atoms with Gasteiger partial charge < -0.3 is 9.64 Å². The van der Waals surface area contributed by atoms with E-state index in [9.17, 15) is 4.79 Å². The maximum Gasteiger partial charge on any atom is 0.227 e. The van der Waals surface area contributed by atoms with Crippen LogP contribution in [0.4, 0.5) is 0 Å². The van der Waals surface area contributed by atoms with Gasteiger partial charge in [0.15, 0.2) is 0 Å². The van der Waals surface area contributed by atoms with Crippen molar-refractivity contribution >= 4 is 21.8 Å². The second-order valence-electron chi connectivity index (χ2n) is 5.38. The van der Waals surface area contributed by atoms with Gasteiger partial charge in [0.25, 0.3) is 0 Å². The first-order valence-corrected chi connectivity index (χ1v) is 8.22. The average molecular weight is 355 g/mol. The summed E-state index contributed by atoms with van der Waals surface area (Å²) in [5.41, 5.74) is 1.07.